The van der Waals surface area contributed by atoms with Gasteiger partial charge in [-0.1, -0.05) is 6.07 Å². The smallest absolute Gasteiger partial charge is 0.243 e. The fraction of sp³-hybridized carbons (Fsp3) is 0.462. The van der Waals surface area contributed by atoms with E-state index >= 15 is 0 Å². The standard InChI is InChI=1S/C13H20N2O2/c1-5-17-11-8-9(2)6-7-10(11)15-12(16)13(3,4)14/h6-8H,5,14H2,1-4H3,(H,15,16). The highest BCUT2D eigenvalue weighted by Crippen LogP contribution is 2.26. The summed E-state index contributed by atoms with van der Waals surface area (Å²) in [5.74, 6) is 0.437. The summed E-state index contributed by atoms with van der Waals surface area (Å²) < 4.78 is 5.48. The van der Waals surface area contributed by atoms with Crippen molar-refractivity contribution in [3.05, 3.63) is 23.8 Å². The lowest BCUT2D eigenvalue weighted by Crippen LogP contribution is -2.45. The molecule has 17 heavy (non-hydrogen) atoms. The summed E-state index contributed by atoms with van der Waals surface area (Å²) >= 11 is 0. The molecule has 0 saturated carbocycles. The monoisotopic (exact) mass is 236 g/mol. The van der Waals surface area contributed by atoms with E-state index < -0.39 is 5.54 Å². The highest BCUT2D eigenvalue weighted by molar-refractivity contribution is 5.98. The number of rotatable bonds is 4. The van der Waals surface area contributed by atoms with Gasteiger partial charge in [0.2, 0.25) is 5.91 Å². The number of nitrogens with two attached hydrogens (primary N) is 1. The topological polar surface area (TPSA) is 64.3 Å². The van der Waals surface area contributed by atoms with Crippen LogP contribution in [0.3, 0.4) is 0 Å². The molecule has 0 aliphatic heterocycles. The van der Waals surface area contributed by atoms with Crippen molar-refractivity contribution in [2.75, 3.05) is 11.9 Å². The second-order valence-electron chi connectivity index (χ2n) is 4.61. The SMILES string of the molecule is CCOc1cc(C)ccc1NC(=O)C(C)(C)N. The Morgan fingerprint density at radius 1 is 1.47 bits per heavy atom. The molecule has 0 heterocycles. The lowest BCUT2D eigenvalue weighted by molar-refractivity contribution is -0.120. The first kappa shape index (κ1) is 13.5. The number of aryl methyl sites for hydroxylation is 1. The fourth-order valence-electron chi connectivity index (χ4n) is 1.29. The minimum absolute atomic E-state index is 0.234. The van der Waals surface area contributed by atoms with Gasteiger partial charge in [0.1, 0.15) is 5.75 Å². The Labute approximate surface area is 102 Å². The Kier molecular flexibility index (Phi) is 4.12. The van der Waals surface area contributed by atoms with Gasteiger partial charge in [-0.15, -0.1) is 0 Å². The van der Waals surface area contributed by atoms with Crippen LogP contribution in [0.5, 0.6) is 5.75 Å². The van der Waals surface area contributed by atoms with Gasteiger partial charge in [-0.05, 0) is 45.4 Å². The summed E-state index contributed by atoms with van der Waals surface area (Å²) in [5, 5.41) is 2.77. The summed E-state index contributed by atoms with van der Waals surface area (Å²) in [6.07, 6.45) is 0. The molecule has 0 unspecified atom stereocenters. The van der Waals surface area contributed by atoms with Gasteiger partial charge < -0.3 is 15.8 Å². The van der Waals surface area contributed by atoms with Crippen LogP contribution in [-0.4, -0.2) is 18.1 Å². The van der Waals surface area contributed by atoms with E-state index in [4.69, 9.17) is 10.5 Å². The predicted octanol–water partition coefficient (Wildman–Crippen LogP) is 2.07. The van der Waals surface area contributed by atoms with Crippen molar-refractivity contribution in [2.24, 2.45) is 5.73 Å². The number of anilines is 1. The first-order valence-corrected chi connectivity index (χ1v) is 5.68. The molecule has 0 radical (unpaired) electrons. The van der Waals surface area contributed by atoms with Crippen LogP contribution in [-0.2, 0) is 4.79 Å². The molecule has 0 aromatic heterocycles. The van der Waals surface area contributed by atoms with E-state index in [0.717, 1.165) is 5.56 Å². The third-order valence-electron chi connectivity index (χ3n) is 2.27. The first-order chi connectivity index (χ1) is 7.84. The number of benzene rings is 1. The van der Waals surface area contributed by atoms with Crippen LogP contribution in [0.2, 0.25) is 0 Å². The number of nitrogens with one attached hydrogen (secondary N) is 1. The van der Waals surface area contributed by atoms with Crippen molar-refractivity contribution in [1.29, 1.82) is 0 Å². The van der Waals surface area contributed by atoms with Crippen molar-refractivity contribution in [2.45, 2.75) is 33.2 Å². The summed E-state index contributed by atoms with van der Waals surface area (Å²) in [7, 11) is 0. The minimum Gasteiger partial charge on any atom is -0.492 e. The quantitative estimate of drug-likeness (QED) is 0.841. The van der Waals surface area contributed by atoms with Crippen molar-refractivity contribution in [3.63, 3.8) is 0 Å². The largest absolute Gasteiger partial charge is 0.492 e. The molecule has 0 fully saturated rings. The van der Waals surface area contributed by atoms with Crippen LogP contribution in [0.4, 0.5) is 5.69 Å². The highest BCUT2D eigenvalue weighted by Gasteiger charge is 2.22. The van der Waals surface area contributed by atoms with Crippen molar-refractivity contribution >= 4 is 11.6 Å². The molecule has 4 heteroatoms. The average Bonchev–Trinajstić information content (AvgIpc) is 2.21. The van der Waals surface area contributed by atoms with Gasteiger partial charge in [0.25, 0.3) is 0 Å². The summed E-state index contributed by atoms with van der Waals surface area (Å²) in [5.41, 5.74) is 6.56. The number of carbonyl (C=O) groups excluding carboxylic acids is 1. The number of ether oxygens (including phenoxy) is 1. The molecule has 4 nitrogen and oxygen atoms in total. The van der Waals surface area contributed by atoms with Gasteiger partial charge in [0, 0.05) is 0 Å². The highest BCUT2D eigenvalue weighted by atomic mass is 16.5. The van der Waals surface area contributed by atoms with Crippen molar-refractivity contribution in [1.82, 2.24) is 0 Å². The van der Waals surface area contributed by atoms with Gasteiger partial charge in [0.05, 0.1) is 17.8 Å². The molecule has 0 atom stereocenters. The van der Waals surface area contributed by atoms with E-state index in [1.165, 1.54) is 0 Å². The third kappa shape index (κ3) is 3.75. The molecule has 0 aliphatic rings. The Bertz CT molecular complexity index is 408. The Balaban J connectivity index is 2.94. The van der Waals surface area contributed by atoms with Gasteiger partial charge in [0.15, 0.2) is 0 Å². The van der Waals surface area contributed by atoms with E-state index in [2.05, 4.69) is 5.32 Å². The summed E-state index contributed by atoms with van der Waals surface area (Å²) in [6, 6.07) is 5.63. The Morgan fingerprint density at radius 2 is 2.12 bits per heavy atom. The molecule has 0 saturated heterocycles. The van der Waals surface area contributed by atoms with Crippen LogP contribution >= 0.6 is 0 Å². The maximum atomic E-state index is 11.8. The van der Waals surface area contributed by atoms with Crippen LogP contribution in [0, 0.1) is 6.92 Å². The van der Waals surface area contributed by atoms with Crippen molar-refractivity contribution < 1.29 is 9.53 Å². The number of carbonyl (C=O) groups is 1. The molecule has 0 aliphatic carbocycles. The van der Waals surface area contributed by atoms with Crippen LogP contribution in [0.1, 0.15) is 26.3 Å². The summed E-state index contributed by atoms with van der Waals surface area (Å²) in [6.45, 7) is 7.76. The maximum Gasteiger partial charge on any atom is 0.243 e. The molecule has 3 N–H and O–H groups in total. The van der Waals surface area contributed by atoms with Gasteiger partial charge in [-0.3, -0.25) is 4.79 Å². The molecule has 0 bridgehead atoms. The second-order valence-corrected chi connectivity index (χ2v) is 4.61. The number of amides is 1. The van der Waals surface area contributed by atoms with Crippen LogP contribution in [0.15, 0.2) is 18.2 Å². The van der Waals surface area contributed by atoms with Gasteiger partial charge in [-0.2, -0.15) is 0 Å². The molecule has 1 aromatic carbocycles. The average molecular weight is 236 g/mol. The lowest BCUT2D eigenvalue weighted by atomic mass is 10.1. The molecular weight excluding hydrogens is 216 g/mol. The molecule has 1 aromatic rings. The first-order valence-electron chi connectivity index (χ1n) is 5.68. The molecular formula is C13H20N2O2. The zero-order valence-corrected chi connectivity index (χ0v) is 10.8. The molecule has 94 valence electrons. The second kappa shape index (κ2) is 5.19. The van der Waals surface area contributed by atoms with E-state index in [1.807, 2.05) is 32.0 Å². The normalized spacial score (nSPS) is 11.1. The van der Waals surface area contributed by atoms with E-state index in [0.29, 0.717) is 18.0 Å². The maximum absolute atomic E-state index is 11.8. The summed E-state index contributed by atoms with van der Waals surface area (Å²) in [4.78, 5) is 11.8. The Hall–Kier alpha value is -1.55. The van der Waals surface area contributed by atoms with E-state index in [1.54, 1.807) is 13.8 Å². The molecule has 1 amide bonds. The van der Waals surface area contributed by atoms with Crippen molar-refractivity contribution in [3.8, 4) is 5.75 Å². The zero-order valence-electron chi connectivity index (χ0n) is 10.8. The van der Waals surface area contributed by atoms with Crippen LogP contribution < -0.4 is 15.8 Å². The number of hydrogen-bond acceptors (Lipinski definition) is 3. The molecule has 0 spiro atoms. The zero-order chi connectivity index (χ0) is 13.1. The number of hydrogen-bond donors (Lipinski definition) is 2. The van der Waals surface area contributed by atoms with Gasteiger partial charge in [-0.25, -0.2) is 0 Å². The van der Waals surface area contributed by atoms with E-state index in [-0.39, 0.29) is 5.91 Å². The fourth-order valence-corrected chi connectivity index (χ4v) is 1.29. The van der Waals surface area contributed by atoms with Gasteiger partial charge >= 0.3 is 0 Å². The third-order valence-corrected chi connectivity index (χ3v) is 2.27. The molecule has 1 rings (SSSR count). The Morgan fingerprint density at radius 3 is 2.65 bits per heavy atom. The predicted molar refractivity (Wildman–Crippen MR) is 69.2 cm³/mol. The lowest BCUT2D eigenvalue weighted by Gasteiger charge is -2.19. The van der Waals surface area contributed by atoms with E-state index in [9.17, 15) is 4.79 Å². The van der Waals surface area contributed by atoms with Crippen LogP contribution in [0.25, 0.3) is 0 Å². The minimum atomic E-state index is -0.908.